The van der Waals surface area contributed by atoms with E-state index < -0.39 is 6.10 Å². The van der Waals surface area contributed by atoms with Gasteiger partial charge in [-0.15, -0.1) is 6.58 Å². The first-order valence-electron chi connectivity index (χ1n) is 8.50. The molecule has 2 heterocycles. The van der Waals surface area contributed by atoms with Crippen molar-refractivity contribution in [3.05, 3.63) is 46.5 Å². The third-order valence-corrected chi connectivity index (χ3v) is 7.13. The number of halogens is 1. The lowest BCUT2D eigenvalue weighted by Crippen LogP contribution is -2.65. The number of nitrogens with zero attached hydrogens (tertiary/aromatic N) is 1. The van der Waals surface area contributed by atoms with Gasteiger partial charge in [0, 0.05) is 34.0 Å². The lowest BCUT2D eigenvalue weighted by molar-refractivity contribution is -0.0489. The van der Waals surface area contributed by atoms with E-state index in [0.29, 0.717) is 17.7 Å². The van der Waals surface area contributed by atoms with E-state index in [2.05, 4.69) is 33.5 Å². The van der Waals surface area contributed by atoms with Crippen LogP contribution in [0.3, 0.4) is 0 Å². The number of likely N-dealkylation sites (tertiary alicyclic amines) is 1. The summed E-state index contributed by atoms with van der Waals surface area (Å²) in [5.41, 5.74) is 2.12. The third kappa shape index (κ3) is 1.61. The average molecular weight is 390 g/mol. The van der Waals surface area contributed by atoms with Crippen LogP contribution in [0.4, 0.5) is 0 Å². The average Bonchev–Trinajstić information content (AvgIpc) is 2.90. The molecule has 0 amide bonds. The van der Waals surface area contributed by atoms with Crippen molar-refractivity contribution in [1.29, 1.82) is 0 Å². The van der Waals surface area contributed by atoms with Gasteiger partial charge in [0.15, 0.2) is 11.5 Å². The van der Waals surface area contributed by atoms with E-state index in [1.807, 2.05) is 12.2 Å². The zero-order valence-corrected chi connectivity index (χ0v) is 14.9. The smallest absolute Gasteiger partial charge is 0.165 e. The predicted octanol–water partition coefficient (Wildman–Crippen LogP) is 2.52. The Balaban J connectivity index is 1.79. The summed E-state index contributed by atoms with van der Waals surface area (Å²) in [5, 5.41) is 21.0. The van der Waals surface area contributed by atoms with Gasteiger partial charge in [-0.1, -0.05) is 34.2 Å². The van der Waals surface area contributed by atoms with Crippen LogP contribution < -0.4 is 4.74 Å². The molecule has 2 bridgehead atoms. The maximum absolute atomic E-state index is 10.6. The Morgan fingerprint density at radius 2 is 2.29 bits per heavy atom. The van der Waals surface area contributed by atoms with Gasteiger partial charge in [0.05, 0.1) is 0 Å². The molecule has 4 nitrogen and oxygen atoms in total. The second-order valence-electron chi connectivity index (χ2n) is 7.35. The molecular formula is C19H20BrNO3. The van der Waals surface area contributed by atoms with Crippen LogP contribution in [0.5, 0.6) is 11.5 Å². The summed E-state index contributed by atoms with van der Waals surface area (Å²) in [5.74, 6) is 1.05. The number of benzene rings is 1. The van der Waals surface area contributed by atoms with Crippen LogP contribution in [0.25, 0.3) is 0 Å². The summed E-state index contributed by atoms with van der Waals surface area (Å²) in [6.45, 7) is 5.74. The maximum Gasteiger partial charge on any atom is 0.165 e. The van der Waals surface area contributed by atoms with Crippen molar-refractivity contribution in [1.82, 2.24) is 4.90 Å². The second kappa shape index (κ2) is 4.87. The predicted molar refractivity (Wildman–Crippen MR) is 94.4 cm³/mol. The van der Waals surface area contributed by atoms with Crippen LogP contribution >= 0.6 is 15.9 Å². The molecule has 0 saturated carbocycles. The molecule has 5 heteroatoms. The lowest BCUT2D eigenvalue weighted by atomic mass is 9.53. The van der Waals surface area contributed by atoms with Crippen molar-refractivity contribution in [2.45, 2.75) is 36.5 Å². The molecule has 1 fully saturated rings. The largest absolute Gasteiger partial charge is 0.504 e. The van der Waals surface area contributed by atoms with Gasteiger partial charge >= 0.3 is 0 Å². The summed E-state index contributed by atoms with van der Waals surface area (Å²) in [6.07, 6.45) is 6.92. The zero-order valence-electron chi connectivity index (χ0n) is 13.3. The number of rotatable bonds is 2. The number of aliphatic hydroxyl groups is 1. The van der Waals surface area contributed by atoms with Crippen molar-refractivity contribution in [2.24, 2.45) is 5.92 Å². The Morgan fingerprint density at radius 1 is 1.46 bits per heavy atom. The Kier molecular flexibility index (Phi) is 3.04. The molecule has 1 saturated heterocycles. The molecule has 1 aromatic carbocycles. The monoisotopic (exact) mass is 389 g/mol. The minimum Gasteiger partial charge on any atom is -0.504 e. The molecule has 0 radical (unpaired) electrons. The maximum atomic E-state index is 10.6. The molecule has 2 aliphatic carbocycles. The fourth-order valence-electron chi connectivity index (χ4n) is 5.56. The minimum atomic E-state index is -0.635. The summed E-state index contributed by atoms with van der Waals surface area (Å²) >= 11 is 3.65. The van der Waals surface area contributed by atoms with Crippen LogP contribution in [0.2, 0.25) is 0 Å². The summed E-state index contributed by atoms with van der Waals surface area (Å²) < 4.78 is 7.10. The number of aromatic hydroxyl groups is 1. The molecule has 0 aromatic heterocycles. The highest BCUT2D eigenvalue weighted by atomic mass is 79.9. The lowest BCUT2D eigenvalue weighted by Gasteiger charge is -2.57. The number of ether oxygens (including phenoxy) is 1. The normalized spacial score (nSPS) is 38.6. The minimum absolute atomic E-state index is 0.169. The number of phenolic OH excluding ortho intramolecular Hbond substituents is 1. The van der Waals surface area contributed by atoms with E-state index in [9.17, 15) is 10.2 Å². The van der Waals surface area contributed by atoms with E-state index in [1.165, 1.54) is 5.56 Å². The Labute approximate surface area is 149 Å². The number of piperidine rings is 1. The quantitative estimate of drug-likeness (QED) is 0.763. The van der Waals surface area contributed by atoms with Gasteiger partial charge in [0.1, 0.15) is 12.2 Å². The van der Waals surface area contributed by atoms with Gasteiger partial charge in [0.25, 0.3) is 0 Å². The zero-order chi connectivity index (χ0) is 16.6. The number of phenols is 1. The second-order valence-corrected chi connectivity index (χ2v) is 8.20. The van der Waals surface area contributed by atoms with Gasteiger partial charge < -0.3 is 14.9 Å². The molecule has 0 unspecified atom stereocenters. The van der Waals surface area contributed by atoms with E-state index in [4.69, 9.17) is 4.74 Å². The Hall–Kier alpha value is -1.30. The van der Waals surface area contributed by atoms with Crippen LogP contribution in [0, 0.1) is 5.92 Å². The van der Waals surface area contributed by atoms with E-state index >= 15 is 0 Å². The fourth-order valence-corrected chi connectivity index (χ4v) is 6.14. The van der Waals surface area contributed by atoms with E-state index in [-0.39, 0.29) is 17.3 Å². The Bertz CT molecular complexity index is 776. The summed E-state index contributed by atoms with van der Waals surface area (Å²) in [4.78, 5) is 2.49. The van der Waals surface area contributed by atoms with Crippen LogP contribution in [-0.2, 0) is 11.8 Å². The van der Waals surface area contributed by atoms with Gasteiger partial charge in [-0.2, -0.15) is 0 Å². The molecule has 5 atom stereocenters. The van der Waals surface area contributed by atoms with Gasteiger partial charge in [-0.05, 0) is 31.0 Å². The summed E-state index contributed by atoms with van der Waals surface area (Å²) in [6, 6.07) is 2.10. The molecule has 4 aliphatic rings. The highest BCUT2D eigenvalue weighted by Gasteiger charge is 2.64. The van der Waals surface area contributed by atoms with Crippen molar-refractivity contribution < 1.29 is 14.9 Å². The SMILES string of the molecule is C=CCN1CC[C@]23c4c5c(Br)cc(O)c4O[C@H]2[C@@H](O)C=C[C@H]3[C@H]1C5. The van der Waals surface area contributed by atoms with Gasteiger partial charge in [-0.25, -0.2) is 0 Å². The van der Waals surface area contributed by atoms with Crippen LogP contribution in [-0.4, -0.2) is 46.5 Å². The van der Waals surface area contributed by atoms with Crippen molar-refractivity contribution in [3.8, 4) is 11.5 Å². The number of hydrogen-bond donors (Lipinski definition) is 2. The molecule has 1 spiro atoms. The number of aliphatic hydroxyl groups excluding tert-OH is 1. The van der Waals surface area contributed by atoms with Crippen LogP contribution in [0.15, 0.2) is 35.3 Å². The molecule has 1 aromatic rings. The first-order valence-corrected chi connectivity index (χ1v) is 9.30. The summed E-state index contributed by atoms with van der Waals surface area (Å²) in [7, 11) is 0. The third-order valence-electron chi connectivity index (χ3n) is 6.42. The van der Waals surface area contributed by atoms with Crippen molar-refractivity contribution >= 4 is 15.9 Å². The topological polar surface area (TPSA) is 52.9 Å². The molecule has 126 valence electrons. The first-order chi connectivity index (χ1) is 11.6. The molecular weight excluding hydrogens is 370 g/mol. The molecule has 2 aliphatic heterocycles. The fraction of sp³-hybridized carbons (Fsp3) is 0.474. The van der Waals surface area contributed by atoms with Gasteiger partial charge in [-0.3, -0.25) is 4.90 Å². The van der Waals surface area contributed by atoms with Crippen LogP contribution in [0.1, 0.15) is 17.5 Å². The van der Waals surface area contributed by atoms with E-state index in [1.54, 1.807) is 6.07 Å². The highest BCUT2D eigenvalue weighted by molar-refractivity contribution is 9.10. The van der Waals surface area contributed by atoms with Crippen molar-refractivity contribution in [3.63, 3.8) is 0 Å². The van der Waals surface area contributed by atoms with Gasteiger partial charge in [0.2, 0.25) is 0 Å². The highest BCUT2D eigenvalue weighted by Crippen LogP contribution is 2.63. The standard InChI is InChI=1S/C19H20BrNO3/c1-2-6-21-7-5-19-11-3-4-14(22)18(19)24-17-15(23)9-12(20)10(16(17)19)8-13(11)21/h2-4,9,11,13-14,18,22-23H,1,5-8H2/t11-,13+,14-,18-,19-/m0/s1. The first kappa shape index (κ1) is 15.0. The molecule has 2 N–H and O–H groups in total. The van der Waals surface area contributed by atoms with E-state index in [0.717, 1.165) is 36.0 Å². The number of hydrogen-bond acceptors (Lipinski definition) is 4. The van der Waals surface area contributed by atoms with Crippen molar-refractivity contribution in [2.75, 3.05) is 13.1 Å². The Morgan fingerprint density at radius 3 is 3.08 bits per heavy atom. The molecule has 5 rings (SSSR count). The molecule has 24 heavy (non-hydrogen) atoms.